The van der Waals surface area contributed by atoms with E-state index in [9.17, 15) is 0 Å². The lowest BCUT2D eigenvalue weighted by atomic mass is 9.66. The summed E-state index contributed by atoms with van der Waals surface area (Å²) < 4.78 is 2.64. The second-order valence-corrected chi connectivity index (χ2v) is 16.0. The van der Waals surface area contributed by atoms with Gasteiger partial charge < -0.3 is 4.90 Å². The summed E-state index contributed by atoms with van der Waals surface area (Å²) in [6.45, 7) is 0. The second-order valence-electron chi connectivity index (χ2n) is 14.9. The second kappa shape index (κ2) is 11.3. The summed E-state index contributed by atoms with van der Waals surface area (Å²) in [5.74, 6) is 1.64. The molecule has 0 aliphatic heterocycles. The molecular weight excluding hydrogens is 635 g/mol. The van der Waals surface area contributed by atoms with Crippen LogP contribution in [0.25, 0.3) is 53.6 Å². The van der Waals surface area contributed by atoms with Gasteiger partial charge >= 0.3 is 0 Å². The van der Waals surface area contributed by atoms with Gasteiger partial charge in [-0.25, -0.2) is 0 Å². The molecule has 244 valence electrons. The minimum Gasteiger partial charge on any atom is -0.310 e. The first-order valence-corrected chi connectivity index (χ1v) is 19.3. The van der Waals surface area contributed by atoms with Crippen LogP contribution in [0.2, 0.25) is 0 Å². The third-order valence-corrected chi connectivity index (χ3v) is 13.5. The summed E-state index contributed by atoms with van der Waals surface area (Å²) in [4.78, 5) is 2.41. The molecule has 3 atom stereocenters. The Hall–Kier alpha value is -5.44. The van der Waals surface area contributed by atoms with E-state index in [0.29, 0.717) is 0 Å². The maximum Gasteiger partial charge on any atom is 0.0476 e. The molecule has 11 rings (SSSR count). The molecule has 0 N–H and O–H groups in total. The number of nitrogens with zero attached hydrogens (tertiary/aromatic N) is 1. The molecule has 1 spiro atoms. The molecule has 2 saturated carbocycles. The molecule has 7 aromatic carbocycles. The number of anilines is 3. The van der Waals surface area contributed by atoms with E-state index in [1.165, 1.54) is 84.9 Å². The van der Waals surface area contributed by atoms with Crippen LogP contribution in [0.5, 0.6) is 0 Å². The minimum atomic E-state index is 0.193. The van der Waals surface area contributed by atoms with Crippen LogP contribution in [0, 0.1) is 11.8 Å². The molecule has 0 saturated heterocycles. The lowest BCUT2D eigenvalue weighted by Gasteiger charge is -2.36. The van der Waals surface area contributed by atoms with Gasteiger partial charge in [-0.1, -0.05) is 122 Å². The molecule has 2 bridgehead atoms. The van der Waals surface area contributed by atoms with E-state index in [4.69, 9.17) is 0 Å². The number of fused-ring (bicyclic) bond motifs is 11. The van der Waals surface area contributed by atoms with Crippen LogP contribution in [-0.2, 0) is 5.41 Å². The quantitative estimate of drug-likeness (QED) is 0.176. The van der Waals surface area contributed by atoms with Crippen molar-refractivity contribution in [1.29, 1.82) is 0 Å². The van der Waals surface area contributed by atoms with Gasteiger partial charge in [-0.3, -0.25) is 0 Å². The maximum atomic E-state index is 2.56. The number of hydrogen-bond acceptors (Lipinski definition) is 2. The minimum absolute atomic E-state index is 0.193. The van der Waals surface area contributed by atoms with Crippen LogP contribution in [-0.4, -0.2) is 0 Å². The van der Waals surface area contributed by atoms with Crippen molar-refractivity contribution in [3.8, 4) is 33.4 Å². The van der Waals surface area contributed by atoms with Crippen LogP contribution in [0.15, 0.2) is 164 Å². The van der Waals surface area contributed by atoms with Gasteiger partial charge in [0, 0.05) is 42.6 Å². The highest BCUT2D eigenvalue weighted by Gasteiger charge is 2.56. The van der Waals surface area contributed by atoms with E-state index in [1.807, 2.05) is 11.3 Å². The Balaban J connectivity index is 0.999. The smallest absolute Gasteiger partial charge is 0.0476 e. The Morgan fingerprint density at radius 1 is 0.471 bits per heavy atom. The van der Waals surface area contributed by atoms with Crippen molar-refractivity contribution in [3.63, 3.8) is 0 Å². The number of thiophene rings is 1. The van der Waals surface area contributed by atoms with Crippen molar-refractivity contribution in [1.82, 2.24) is 0 Å². The van der Waals surface area contributed by atoms with Crippen LogP contribution in [0.3, 0.4) is 0 Å². The zero-order valence-electron chi connectivity index (χ0n) is 28.4. The lowest BCUT2D eigenvalue weighted by Crippen LogP contribution is -2.31. The topological polar surface area (TPSA) is 3.24 Å². The Labute approximate surface area is 303 Å². The highest BCUT2D eigenvalue weighted by atomic mass is 32.1. The molecule has 1 nitrogen and oxygen atoms in total. The Bertz CT molecular complexity index is 2600. The summed E-state index contributed by atoms with van der Waals surface area (Å²) in [7, 11) is 0. The first-order valence-electron chi connectivity index (χ1n) is 18.4. The highest BCUT2D eigenvalue weighted by molar-refractivity contribution is 7.25. The maximum absolute atomic E-state index is 2.56. The normalized spacial score (nSPS) is 19.9. The Kier molecular flexibility index (Phi) is 6.48. The first kappa shape index (κ1) is 29.3. The molecule has 2 fully saturated rings. The standard InChI is InChI=1S/C49H37NS/c1-2-8-33(9-3-1)34-15-21-38(22-16-34)50(40-25-27-44-43-11-5-7-13-47(43)51-48(44)30-40)39-23-17-35(18-24-39)36-19-26-42-41-10-4-6-12-45(41)49(46(42)29-36)31-32-14-20-37(49)28-32/h1-13,15-19,21-27,29-30,32,37H,14,20,28,31H2. The molecule has 3 aliphatic carbocycles. The van der Waals surface area contributed by atoms with E-state index in [1.54, 1.807) is 11.1 Å². The van der Waals surface area contributed by atoms with Crippen LogP contribution < -0.4 is 4.90 Å². The molecule has 51 heavy (non-hydrogen) atoms. The molecule has 0 amide bonds. The highest BCUT2D eigenvalue weighted by Crippen LogP contribution is 2.65. The largest absolute Gasteiger partial charge is 0.310 e. The van der Waals surface area contributed by atoms with Crippen molar-refractivity contribution in [3.05, 3.63) is 175 Å². The summed E-state index contributed by atoms with van der Waals surface area (Å²) in [5, 5.41) is 2.65. The van der Waals surface area contributed by atoms with Crippen LogP contribution >= 0.6 is 11.3 Å². The SMILES string of the molecule is c1ccc(-c2ccc(N(c3ccc(-c4ccc5c(c4)C4(CC6CCC4C6)c4ccccc4-5)cc3)c3ccc4c(c3)sc3ccccc34)cc2)cc1. The lowest BCUT2D eigenvalue weighted by molar-refractivity contribution is 0.327. The van der Waals surface area contributed by atoms with Gasteiger partial charge in [0.15, 0.2) is 0 Å². The third kappa shape index (κ3) is 4.46. The number of rotatable bonds is 5. The van der Waals surface area contributed by atoms with Crippen molar-refractivity contribution in [2.45, 2.75) is 31.1 Å². The predicted octanol–water partition coefficient (Wildman–Crippen LogP) is 13.9. The zero-order valence-corrected chi connectivity index (χ0v) is 29.2. The summed E-state index contributed by atoms with van der Waals surface area (Å²) in [5.41, 5.74) is 14.8. The van der Waals surface area contributed by atoms with E-state index >= 15 is 0 Å². The van der Waals surface area contributed by atoms with Crippen molar-refractivity contribution in [2.75, 3.05) is 4.90 Å². The molecule has 1 aromatic heterocycles. The molecule has 1 heterocycles. The average molecular weight is 672 g/mol. The Morgan fingerprint density at radius 2 is 1.10 bits per heavy atom. The number of benzene rings is 7. The monoisotopic (exact) mass is 671 g/mol. The molecule has 3 aliphatic rings. The van der Waals surface area contributed by atoms with E-state index in [2.05, 4.69) is 169 Å². The van der Waals surface area contributed by atoms with Gasteiger partial charge in [-0.2, -0.15) is 0 Å². The fourth-order valence-corrected chi connectivity index (χ4v) is 11.2. The molecule has 2 heteroatoms. The fourth-order valence-electron chi connectivity index (χ4n) is 10.1. The summed E-state index contributed by atoms with van der Waals surface area (Å²) in [6, 6.07) is 61.3. The van der Waals surface area contributed by atoms with Gasteiger partial charge in [-0.15, -0.1) is 11.3 Å². The van der Waals surface area contributed by atoms with Crippen molar-refractivity contribution < 1.29 is 0 Å². The average Bonchev–Trinajstić information content (AvgIpc) is 3.97. The van der Waals surface area contributed by atoms with Crippen molar-refractivity contribution >= 4 is 48.6 Å². The van der Waals surface area contributed by atoms with Gasteiger partial charge in [-0.05, 0) is 124 Å². The summed E-state index contributed by atoms with van der Waals surface area (Å²) in [6.07, 6.45) is 5.48. The van der Waals surface area contributed by atoms with Gasteiger partial charge in [0.1, 0.15) is 0 Å². The van der Waals surface area contributed by atoms with Gasteiger partial charge in [0.25, 0.3) is 0 Å². The van der Waals surface area contributed by atoms with E-state index in [-0.39, 0.29) is 5.41 Å². The number of hydrogen-bond donors (Lipinski definition) is 0. The molecule has 0 radical (unpaired) electrons. The third-order valence-electron chi connectivity index (χ3n) is 12.4. The Morgan fingerprint density at radius 3 is 1.86 bits per heavy atom. The predicted molar refractivity (Wildman–Crippen MR) is 217 cm³/mol. The van der Waals surface area contributed by atoms with Crippen LogP contribution in [0.1, 0.15) is 36.8 Å². The van der Waals surface area contributed by atoms with E-state index < -0.39 is 0 Å². The van der Waals surface area contributed by atoms with Gasteiger partial charge in [0.2, 0.25) is 0 Å². The van der Waals surface area contributed by atoms with Crippen molar-refractivity contribution in [2.24, 2.45) is 11.8 Å². The summed E-state index contributed by atoms with van der Waals surface area (Å²) >= 11 is 1.87. The fraction of sp³-hybridized carbons (Fsp3) is 0.143. The first-order chi connectivity index (χ1) is 25.2. The van der Waals surface area contributed by atoms with Crippen LogP contribution in [0.4, 0.5) is 17.1 Å². The van der Waals surface area contributed by atoms with Gasteiger partial charge in [0.05, 0.1) is 0 Å². The van der Waals surface area contributed by atoms with E-state index in [0.717, 1.165) is 23.2 Å². The zero-order chi connectivity index (χ0) is 33.5. The molecular formula is C49H37NS. The molecule has 8 aromatic rings. The molecule has 3 unspecified atom stereocenters.